The summed E-state index contributed by atoms with van der Waals surface area (Å²) in [6.45, 7) is 16.4. The van der Waals surface area contributed by atoms with Crippen molar-refractivity contribution in [2.24, 2.45) is 10.9 Å². The number of guanidine groups is 1. The lowest BCUT2D eigenvalue weighted by Crippen LogP contribution is -2.49. The number of rotatable bonds is 11. The van der Waals surface area contributed by atoms with E-state index < -0.39 is 0 Å². The van der Waals surface area contributed by atoms with E-state index >= 15 is 0 Å². The third-order valence-corrected chi connectivity index (χ3v) is 4.63. The Balaban J connectivity index is 2.65. The summed E-state index contributed by atoms with van der Waals surface area (Å²) in [5.41, 5.74) is 0. The Labute approximate surface area is 148 Å². The second-order valence-corrected chi connectivity index (χ2v) is 6.14. The van der Waals surface area contributed by atoms with Gasteiger partial charge in [-0.3, -0.25) is 9.89 Å². The first-order valence-corrected chi connectivity index (χ1v) is 9.68. The zero-order chi connectivity index (χ0) is 17.6. The normalized spacial score (nSPS) is 18.0. The molecule has 0 bridgehead atoms. The predicted molar refractivity (Wildman–Crippen MR) is 101 cm³/mol. The van der Waals surface area contributed by atoms with Crippen LogP contribution in [-0.4, -0.2) is 76.1 Å². The number of ether oxygens (including phenoxy) is 2. The molecule has 0 radical (unpaired) electrons. The minimum absolute atomic E-state index is 0.492. The predicted octanol–water partition coefficient (Wildman–Crippen LogP) is 1.72. The fraction of sp³-hybridized carbons (Fsp3) is 0.944. The van der Waals surface area contributed by atoms with Gasteiger partial charge in [-0.25, -0.2) is 0 Å². The van der Waals surface area contributed by atoms with Crippen molar-refractivity contribution in [1.82, 2.24) is 15.5 Å². The molecule has 1 fully saturated rings. The first-order chi connectivity index (χ1) is 11.8. The molecule has 24 heavy (non-hydrogen) atoms. The Kier molecular flexibility index (Phi) is 11.9. The van der Waals surface area contributed by atoms with Gasteiger partial charge >= 0.3 is 0 Å². The Bertz CT molecular complexity index is 329. The lowest BCUT2D eigenvalue weighted by Gasteiger charge is -2.38. The van der Waals surface area contributed by atoms with Gasteiger partial charge in [0.15, 0.2) is 5.96 Å². The number of hydrogen-bond acceptors (Lipinski definition) is 4. The zero-order valence-corrected chi connectivity index (χ0v) is 16.1. The molecule has 0 aromatic rings. The molecule has 1 atom stereocenters. The molecule has 0 aliphatic carbocycles. The number of morpholine rings is 1. The summed E-state index contributed by atoms with van der Waals surface area (Å²) in [5.74, 6) is 1.57. The molecule has 0 amide bonds. The van der Waals surface area contributed by atoms with Gasteiger partial charge < -0.3 is 20.1 Å². The topological polar surface area (TPSA) is 58.1 Å². The van der Waals surface area contributed by atoms with Crippen LogP contribution in [0.25, 0.3) is 0 Å². The average molecular weight is 343 g/mol. The largest absolute Gasteiger partial charge is 0.380 e. The molecule has 1 aliphatic rings. The van der Waals surface area contributed by atoms with E-state index in [2.05, 4.69) is 36.3 Å². The van der Waals surface area contributed by atoms with Crippen LogP contribution in [0.2, 0.25) is 0 Å². The maximum absolute atomic E-state index is 5.52. The van der Waals surface area contributed by atoms with Gasteiger partial charge in [0.25, 0.3) is 0 Å². The molecule has 1 aliphatic heterocycles. The van der Waals surface area contributed by atoms with Gasteiger partial charge in [-0.1, -0.05) is 26.7 Å². The second-order valence-electron chi connectivity index (χ2n) is 6.14. The van der Waals surface area contributed by atoms with Crippen molar-refractivity contribution >= 4 is 5.96 Å². The van der Waals surface area contributed by atoms with E-state index in [0.717, 1.165) is 58.5 Å². The molecule has 0 saturated carbocycles. The maximum Gasteiger partial charge on any atom is 0.191 e. The van der Waals surface area contributed by atoms with Crippen molar-refractivity contribution in [3.8, 4) is 0 Å². The Morgan fingerprint density at radius 2 is 1.83 bits per heavy atom. The zero-order valence-electron chi connectivity index (χ0n) is 16.1. The highest BCUT2D eigenvalue weighted by Crippen LogP contribution is 2.20. The highest BCUT2D eigenvalue weighted by atomic mass is 16.5. The molecule has 1 heterocycles. The number of nitrogens with one attached hydrogen (secondary N) is 2. The molecule has 1 saturated heterocycles. The maximum atomic E-state index is 5.52. The molecule has 0 aromatic carbocycles. The fourth-order valence-electron chi connectivity index (χ4n) is 3.22. The van der Waals surface area contributed by atoms with Crippen LogP contribution >= 0.6 is 0 Å². The summed E-state index contributed by atoms with van der Waals surface area (Å²) in [6, 6.07) is 0.492. The standard InChI is InChI=1S/C18H38N4O2/c1-5-16(6-2)17(22-10-13-24-14-11-22)15-21-18(19-7-3)20-9-12-23-8-4/h16-17H,5-15H2,1-4H3,(H2,19,20,21). The van der Waals surface area contributed by atoms with E-state index in [4.69, 9.17) is 14.5 Å². The molecule has 0 aromatic heterocycles. The Morgan fingerprint density at radius 3 is 2.42 bits per heavy atom. The molecule has 1 unspecified atom stereocenters. The first-order valence-electron chi connectivity index (χ1n) is 9.68. The molecule has 0 spiro atoms. The quantitative estimate of drug-likeness (QED) is 0.340. The van der Waals surface area contributed by atoms with Crippen molar-refractivity contribution in [3.63, 3.8) is 0 Å². The van der Waals surface area contributed by atoms with E-state index in [-0.39, 0.29) is 0 Å². The Morgan fingerprint density at radius 1 is 1.12 bits per heavy atom. The van der Waals surface area contributed by atoms with Gasteiger partial charge in [0.05, 0.1) is 26.4 Å². The van der Waals surface area contributed by atoms with Crippen molar-refractivity contribution in [3.05, 3.63) is 0 Å². The molecule has 6 heteroatoms. The van der Waals surface area contributed by atoms with Gasteiger partial charge in [0, 0.05) is 38.8 Å². The van der Waals surface area contributed by atoms with E-state index in [9.17, 15) is 0 Å². The smallest absolute Gasteiger partial charge is 0.191 e. The van der Waals surface area contributed by atoms with Crippen LogP contribution in [0.1, 0.15) is 40.5 Å². The van der Waals surface area contributed by atoms with Gasteiger partial charge in [-0.2, -0.15) is 0 Å². The molecule has 2 N–H and O–H groups in total. The fourth-order valence-corrected chi connectivity index (χ4v) is 3.22. The summed E-state index contributed by atoms with van der Waals surface area (Å²) < 4.78 is 10.9. The minimum atomic E-state index is 0.492. The van der Waals surface area contributed by atoms with Gasteiger partial charge in [-0.05, 0) is 19.8 Å². The van der Waals surface area contributed by atoms with Gasteiger partial charge in [0.1, 0.15) is 0 Å². The van der Waals surface area contributed by atoms with Gasteiger partial charge in [-0.15, -0.1) is 0 Å². The van der Waals surface area contributed by atoms with Crippen LogP contribution in [0.4, 0.5) is 0 Å². The van der Waals surface area contributed by atoms with Crippen LogP contribution in [0.3, 0.4) is 0 Å². The molecule has 142 valence electrons. The van der Waals surface area contributed by atoms with Crippen LogP contribution in [0, 0.1) is 5.92 Å². The second kappa shape index (κ2) is 13.4. The van der Waals surface area contributed by atoms with E-state index in [0.29, 0.717) is 18.6 Å². The number of hydrogen-bond donors (Lipinski definition) is 2. The van der Waals surface area contributed by atoms with Crippen molar-refractivity contribution in [2.45, 2.75) is 46.6 Å². The minimum Gasteiger partial charge on any atom is -0.380 e. The molecule has 6 nitrogen and oxygen atoms in total. The summed E-state index contributed by atoms with van der Waals surface area (Å²) in [5, 5.41) is 6.69. The number of nitrogens with zero attached hydrogens (tertiary/aromatic N) is 2. The summed E-state index contributed by atoms with van der Waals surface area (Å²) in [7, 11) is 0. The van der Waals surface area contributed by atoms with Crippen molar-refractivity contribution in [2.75, 3.05) is 59.2 Å². The number of aliphatic imine (C=N–C) groups is 1. The van der Waals surface area contributed by atoms with Crippen LogP contribution in [-0.2, 0) is 9.47 Å². The van der Waals surface area contributed by atoms with Crippen LogP contribution in [0.5, 0.6) is 0 Å². The lowest BCUT2D eigenvalue weighted by atomic mass is 9.92. The lowest BCUT2D eigenvalue weighted by molar-refractivity contribution is 0.00395. The molecular formula is C18H38N4O2. The summed E-state index contributed by atoms with van der Waals surface area (Å²) in [6.07, 6.45) is 2.39. The average Bonchev–Trinajstić information content (AvgIpc) is 2.62. The summed E-state index contributed by atoms with van der Waals surface area (Å²) in [4.78, 5) is 7.42. The van der Waals surface area contributed by atoms with Crippen molar-refractivity contribution < 1.29 is 9.47 Å². The molecular weight excluding hydrogens is 304 g/mol. The Hall–Kier alpha value is -0.850. The first kappa shape index (κ1) is 21.2. The molecule has 1 rings (SSSR count). The third-order valence-electron chi connectivity index (χ3n) is 4.63. The highest BCUT2D eigenvalue weighted by molar-refractivity contribution is 5.79. The summed E-state index contributed by atoms with van der Waals surface area (Å²) >= 11 is 0. The van der Waals surface area contributed by atoms with Gasteiger partial charge in [0.2, 0.25) is 0 Å². The van der Waals surface area contributed by atoms with Crippen LogP contribution < -0.4 is 10.6 Å². The van der Waals surface area contributed by atoms with Crippen molar-refractivity contribution in [1.29, 1.82) is 0 Å². The van der Waals surface area contributed by atoms with E-state index in [1.54, 1.807) is 0 Å². The third kappa shape index (κ3) is 7.81. The van der Waals surface area contributed by atoms with E-state index in [1.807, 2.05) is 6.92 Å². The van der Waals surface area contributed by atoms with E-state index in [1.165, 1.54) is 12.8 Å². The highest BCUT2D eigenvalue weighted by Gasteiger charge is 2.26. The van der Waals surface area contributed by atoms with Crippen LogP contribution in [0.15, 0.2) is 4.99 Å². The monoisotopic (exact) mass is 342 g/mol. The SMILES string of the molecule is CCNC(=NCC(C(CC)CC)N1CCOCC1)NCCOCC.